The second kappa shape index (κ2) is 7.50. The number of hydrogen-bond acceptors (Lipinski definition) is 3. The van der Waals surface area contributed by atoms with Gasteiger partial charge in [-0.2, -0.15) is 10.2 Å². The van der Waals surface area contributed by atoms with Crippen molar-refractivity contribution in [1.29, 1.82) is 0 Å². The number of nitrogens with two attached hydrogens (primary N) is 1. The van der Waals surface area contributed by atoms with Crippen molar-refractivity contribution < 1.29 is 0 Å². The minimum atomic E-state index is 0. The monoisotopic (exact) mass is 361 g/mol. The van der Waals surface area contributed by atoms with Gasteiger partial charge in [-0.1, -0.05) is 6.92 Å². The first-order chi connectivity index (χ1) is 8.25. The zero-order chi connectivity index (χ0) is 12.1. The fourth-order valence-electron chi connectivity index (χ4n) is 1.92. The SMILES string of the molecule is CC1CCN(C(N)=NCc2cccnn2)CC1.I. The van der Waals surface area contributed by atoms with Gasteiger partial charge in [0.25, 0.3) is 0 Å². The molecule has 0 amide bonds. The maximum atomic E-state index is 5.97. The molecule has 0 aromatic carbocycles. The van der Waals surface area contributed by atoms with Crippen molar-refractivity contribution in [1.82, 2.24) is 15.1 Å². The minimum Gasteiger partial charge on any atom is -0.370 e. The zero-order valence-electron chi connectivity index (χ0n) is 10.6. The summed E-state index contributed by atoms with van der Waals surface area (Å²) in [6, 6.07) is 3.76. The van der Waals surface area contributed by atoms with Crippen LogP contribution >= 0.6 is 24.0 Å². The highest BCUT2D eigenvalue weighted by Gasteiger charge is 2.16. The van der Waals surface area contributed by atoms with Crippen molar-refractivity contribution in [3.63, 3.8) is 0 Å². The van der Waals surface area contributed by atoms with E-state index in [4.69, 9.17) is 5.73 Å². The Morgan fingerprint density at radius 3 is 2.83 bits per heavy atom. The summed E-state index contributed by atoms with van der Waals surface area (Å²) < 4.78 is 0. The molecular formula is C12H20IN5. The smallest absolute Gasteiger partial charge is 0.191 e. The summed E-state index contributed by atoms with van der Waals surface area (Å²) >= 11 is 0. The van der Waals surface area contributed by atoms with Gasteiger partial charge in [0, 0.05) is 19.3 Å². The van der Waals surface area contributed by atoms with Gasteiger partial charge in [-0.3, -0.25) is 0 Å². The van der Waals surface area contributed by atoms with E-state index in [1.807, 2.05) is 12.1 Å². The molecule has 0 saturated carbocycles. The number of aliphatic imine (C=N–C) groups is 1. The molecule has 0 radical (unpaired) electrons. The number of aromatic nitrogens is 2. The number of guanidine groups is 1. The summed E-state index contributed by atoms with van der Waals surface area (Å²) in [5, 5.41) is 7.79. The second-order valence-corrected chi connectivity index (χ2v) is 4.56. The third kappa shape index (κ3) is 4.40. The molecule has 100 valence electrons. The molecule has 0 bridgehead atoms. The Bertz CT molecular complexity index is 373. The van der Waals surface area contributed by atoms with Gasteiger partial charge in [0.1, 0.15) is 0 Å². The predicted octanol–water partition coefficient (Wildman–Crippen LogP) is 1.64. The topological polar surface area (TPSA) is 67.4 Å². The van der Waals surface area contributed by atoms with Gasteiger partial charge in [-0.25, -0.2) is 4.99 Å². The molecule has 0 spiro atoms. The number of rotatable bonds is 2. The van der Waals surface area contributed by atoms with Crippen LogP contribution in [0.5, 0.6) is 0 Å². The van der Waals surface area contributed by atoms with Gasteiger partial charge in [0.2, 0.25) is 0 Å². The molecular weight excluding hydrogens is 341 g/mol. The van der Waals surface area contributed by atoms with E-state index < -0.39 is 0 Å². The number of nitrogens with zero attached hydrogens (tertiary/aromatic N) is 4. The molecule has 2 heterocycles. The minimum absolute atomic E-state index is 0. The first kappa shape index (κ1) is 15.1. The summed E-state index contributed by atoms with van der Waals surface area (Å²) in [5.74, 6) is 1.43. The molecule has 0 atom stereocenters. The summed E-state index contributed by atoms with van der Waals surface area (Å²) in [6.07, 6.45) is 4.05. The largest absolute Gasteiger partial charge is 0.370 e. The van der Waals surface area contributed by atoms with E-state index >= 15 is 0 Å². The molecule has 18 heavy (non-hydrogen) atoms. The quantitative estimate of drug-likeness (QED) is 0.494. The van der Waals surface area contributed by atoms with Crippen molar-refractivity contribution >= 4 is 29.9 Å². The Hall–Kier alpha value is -0.920. The molecule has 0 aliphatic carbocycles. The lowest BCUT2D eigenvalue weighted by atomic mass is 10.00. The fraction of sp³-hybridized carbons (Fsp3) is 0.583. The normalized spacial score (nSPS) is 17.4. The van der Waals surface area contributed by atoms with Gasteiger partial charge in [-0.05, 0) is 30.9 Å². The number of likely N-dealkylation sites (tertiary alicyclic amines) is 1. The van der Waals surface area contributed by atoms with Crippen LogP contribution < -0.4 is 5.73 Å². The van der Waals surface area contributed by atoms with Crippen LogP contribution in [0.15, 0.2) is 23.3 Å². The fourth-order valence-corrected chi connectivity index (χ4v) is 1.92. The van der Waals surface area contributed by atoms with E-state index in [0.717, 1.165) is 24.7 Å². The Kier molecular flexibility index (Phi) is 6.31. The summed E-state index contributed by atoms with van der Waals surface area (Å²) in [5.41, 5.74) is 6.82. The van der Waals surface area contributed by atoms with Crippen molar-refractivity contribution in [3.05, 3.63) is 24.0 Å². The van der Waals surface area contributed by atoms with Crippen molar-refractivity contribution in [3.8, 4) is 0 Å². The van der Waals surface area contributed by atoms with E-state index in [-0.39, 0.29) is 24.0 Å². The van der Waals surface area contributed by atoms with Crippen LogP contribution in [0.2, 0.25) is 0 Å². The maximum absolute atomic E-state index is 5.97. The van der Waals surface area contributed by atoms with Gasteiger partial charge >= 0.3 is 0 Å². The molecule has 5 nitrogen and oxygen atoms in total. The molecule has 1 aliphatic heterocycles. The third-order valence-corrected chi connectivity index (χ3v) is 3.14. The molecule has 2 rings (SSSR count). The van der Waals surface area contributed by atoms with Crippen LogP contribution in [0.1, 0.15) is 25.5 Å². The molecule has 1 saturated heterocycles. The lowest BCUT2D eigenvalue weighted by Gasteiger charge is -2.30. The Balaban J connectivity index is 0.00000162. The molecule has 1 fully saturated rings. The average molecular weight is 361 g/mol. The first-order valence-corrected chi connectivity index (χ1v) is 6.07. The second-order valence-electron chi connectivity index (χ2n) is 4.56. The van der Waals surface area contributed by atoms with E-state index in [0.29, 0.717) is 12.5 Å². The van der Waals surface area contributed by atoms with Crippen LogP contribution in [-0.2, 0) is 6.54 Å². The van der Waals surface area contributed by atoms with Gasteiger partial charge in [-0.15, -0.1) is 24.0 Å². The standard InChI is InChI=1S/C12H19N5.HI/c1-10-4-7-17(8-5-10)12(13)14-9-11-3-2-6-15-16-11;/h2-3,6,10H,4-5,7-9H2,1H3,(H2,13,14);1H. The number of piperidine rings is 1. The molecule has 6 heteroatoms. The van der Waals surface area contributed by atoms with Gasteiger partial charge in [0.15, 0.2) is 5.96 Å². The molecule has 2 N–H and O–H groups in total. The Morgan fingerprint density at radius 1 is 1.50 bits per heavy atom. The predicted molar refractivity (Wildman–Crippen MR) is 82.7 cm³/mol. The van der Waals surface area contributed by atoms with Crippen LogP contribution in [0.3, 0.4) is 0 Å². The van der Waals surface area contributed by atoms with E-state index in [1.165, 1.54) is 12.8 Å². The van der Waals surface area contributed by atoms with Crippen LogP contribution in [0.25, 0.3) is 0 Å². The summed E-state index contributed by atoms with van der Waals surface area (Å²) in [6.45, 7) is 4.81. The van der Waals surface area contributed by atoms with Crippen molar-refractivity contribution in [2.45, 2.75) is 26.3 Å². The summed E-state index contributed by atoms with van der Waals surface area (Å²) in [7, 11) is 0. The zero-order valence-corrected chi connectivity index (χ0v) is 12.9. The van der Waals surface area contributed by atoms with E-state index in [2.05, 4.69) is 27.0 Å². The maximum Gasteiger partial charge on any atom is 0.191 e. The lowest BCUT2D eigenvalue weighted by Crippen LogP contribution is -2.42. The lowest BCUT2D eigenvalue weighted by molar-refractivity contribution is 0.277. The van der Waals surface area contributed by atoms with Crippen molar-refractivity contribution in [2.75, 3.05) is 13.1 Å². The highest BCUT2D eigenvalue weighted by atomic mass is 127. The summed E-state index contributed by atoms with van der Waals surface area (Å²) in [4.78, 5) is 6.51. The van der Waals surface area contributed by atoms with E-state index in [1.54, 1.807) is 6.20 Å². The van der Waals surface area contributed by atoms with Crippen molar-refractivity contribution in [2.24, 2.45) is 16.6 Å². The highest BCUT2D eigenvalue weighted by Crippen LogP contribution is 2.15. The number of hydrogen-bond donors (Lipinski definition) is 1. The van der Waals surface area contributed by atoms with Crippen LogP contribution in [-0.4, -0.2) is 34.1 Å². The molecule has 1 aliphatic rings. The Labute approximate surface area is 125 Å². The third-order valence-electron chi connectivity index (χ3n) is 3.14. The van der Waals surface area contributed by atoms with Crippen LogP contribution in [0.4, 0.5) is 0 Å². The average Bonchev–Trinajstić information content (AvgIpc) is 2.38. The van der Waals surface area contributed by atoms with Gasteiger partial charge in [0.05, 0.1) is 12.2 Å². The number of halogens is 1. The first-order valence-electron chi connectivity index (χ1n) is 6.07. The van der Waals surface area contributed by atoms with E-state index in [9.17, 15) is 0 Å². The molecule has 1 aromatic heterocycles. The molecule has 0 unspecified atom stereocenters. The van der Waals surface area contributed by atoms with Gasteiger partial charge < -0.3 is 10.6 Å². The van der Waals surface area contributed by atoms with Crippen LogP contribution in [0, 0.1) is 5.92 Å². The molecule has 1 aromatic rings. The Morgan fingerprint density at radius 2 is 2.22 bits per heavy atom. The highest BCUT2D eigenvalue weighted by molar-refractivity contribution is 14.0.